The molecule has 8 heteroatoms. The Morgan fingerprint density at radius 3 is 2.33 bits per heavy atom. The number of carbonyl (C=O) groups is 1. The summed E-state index contributed by atoms with van der Waals surface area (Å²) < 4.78 is 25.8. The molecule has 0 unspecified atom stereocenters. The molecule has 1 amide bonds. The lowest BCUT2D eigenvalue weighted by molar-refractivity contribution is -0.119. The summed E-state index contributed by atoms with van der Waals surface area (Å²) in [4.78, 5) is 17.3. The quantitative estimate of drug-likeness (QED) is 0.726. The Morgan fingerprint density at radius 1 is 1.03 bits per heavy atom. The van der Waals surface area contributed by atoms with Crippen LogP contribution in [0.2, 0.25) is 0 Å². The van der Waals surface area contributed by atoms with Crippen LogP contribution < -0.4 is 14.5 Å². The van der Waals surface area contributed by atoms with Crippen molar-refractivity contribution >= 4 is 27.3 Å². The molecule has 30 heavy (non-hydrogen) atoms. The summed E-state index contributed by atoms with van der Waals surface area (Å²) in [7, 11) is -1.47. The van der Waals surface area contributed by atoms with Gasteiger partial charge in [0.05, 0.1) is 11.9 Å². The van der Waals surface area contributed by atoms with Gasteiger partial charge in [0.25, 0.3) is 0 Å². The molecule has 3 rings (SSSR count). The molecule has 0 radical (unpaired) electrons. The van der Waals surface area contributed by atoms with Crippen LogP contribution in [0.4, 0.5) is 11.4 Å². The Balaban J connectivity index is 1.69. The summed E-state index contributed by atoms with van der Waals surface area (Å²) in [6.45, 7) is 5.82. The molecule has 0 atom stereocenters. The number of piperazine rings is 1. The molecule has 2 aromatic carbocycles. The van der Waals surface area contributed by atoms with E-state index in [1.807, 2.05) is 37.3 Å². The fourth-order valence-corrected chi connectivity index (χ4v) is 4.53. The molecular weight excluding hydrogens is 400 g/mol. The zero-order chi connectivity index (χ0) is 21.7. The number of hydrogen-bond acceptors (Lipinski definition) is 5. The average Bonchev–Trinajstić information content (AvgIpc) is 2.71. The highest BCUT2D eigenvalue weighted by atomic mass is 32.2. The van der Waals surface area contributed by atoms with Gasteiger partial charge in [-0.3, -0.25) is 9.10 Å². The van der Waals surface area contributed by atoms with Crippen molar-refractivity contribution in [3.8, 4) is 0 Å². The van der Waals surface area contributed by atoms with Crippen LogP contribution in [0.3, 0.4) is 0 Å². The fourth-order valence-electron chi connectivity index (χ4n) is 3.62. The number of likely N-dealkylation sites (N-methyl/N-ethyl adjacent to an activating group) is 1. The molecule has 0 bridgehead atoms. The molecule has 7 nitrogen and oxygen atoms in total. The second-order valence-corrected chi connectivity index (χ2v) is 9.66. The lowest BCUT2D eigenvalue weighted by Gasteiger charge is -2.35. The zero-order valence-electron chi connectivity index (χ0n) is 17.8. The van der Waals surface area contributed by atoms with Gasteiger partial charge in [-0.25, -0.2) is 8.42 Å². The highest BCUT2D eigenvalue weighted by molar-refractivity contribution is 7.92. The maximum absolute atomic E-state index is 12.7. The van der Waals surface area contributed by atoms with Gasteiger partial charge >= 0.3 is 0 Å². The van der Waals surface area contributed by atoms with Crippen LogP contribution in [0.5, 0.6) is 0 Å². The first kappa shape index (κ1) is 22.1. The van der Waals surface area contributed by atoms with Gasteiger partial charge in [-0.15, -0.1) is 0 Å². The molecule has 0 saturated carbocycles. The van der Waals surface area contributed by atoms with Crippen LogP contribution in [0.1, 0.15) is 11.1 Å². The van der Waals surface area contributed by atoms with Crippen molar-refractivity contribution in [2.75, 3.05) is 55.2 Å². The second kappa shape index (κ2) is 9.49. The number of carbonyl (C=O) groups excluding carboxylic acids is 1. The van der Waals surface area contributed by atoms with Gasteiger partial charge in [-0.1, -0.05) is 36.4 Å². The minimum Gasteiger partial charge on any atom is -0.369 e. The van der Waals surface area contributed by atoms with Crippen molar-refractivity contribution in [3.05, 3.63) is 59.7 Å². The van der Waals surface area contributed by atoms with E-state index in [4.69, 9.17) is 0 Å². The molecule has 1 saturated heterocycles. The first-order valence-electron chi connectivity index (χ1n) is 10.1. The maximum Gasteiger partial charge on any atom is 0.241 e. The van der Waals surface area contributed by atoms with Crippen LogP contribution >= 0.6 is 0 Å². The number of nitrogens with one attached hydrogen (secondary N) is 1. The molecule has 1 fully saturated rings. The third kappa shape index (κ3) is 5.52. The summed E-state index contributed by atoms with van der Waals surface area (Å²) in [6, 6.07) is 15.2. The summed E-state index contributed by atoms with van der Waals surface area (Å²) >= 11 is 0. The summed E-state index contributed by atoms with van der Waals surface area (Å²) in [5, 5.41) is 2.90. The number of aryl methyl sites for hydroxylation is 1. The van der Waals surface area contributed by atoms with Crippen molar-refractivity contribution in [1.82, 2.24) is 10.2 Å². The molecular formula is C22H30N4O3S. The molecule has 1 N–H and O–H groups in total. The number of amides is 1. The Morgan fingerprint density at radius 2 is 1.67 bits per heavy atom. The van der Waals surface area contributed by atoms with E-state index < -0.39 is 10.0 Å². The van der Waals surface area contributed by atoms with Crippen LogP contribution in [-0.2, 0) is 21.4 Å². The highest BCUT2D eigenvalue weighted by Gasteiger charge is 2.22. The Hall–Kier alpha value is -2.58. The van der Waals surface area contributed by atoms with Gasteiger partial charge in [0, 0.05) is 38.4 Å². The SMILES string of the molecule is Cc1ccccc1N(CC(=O)NCc1ccccc1N1CCN(C)CC1)S(C)(=O)=O. The highest BCUT2D eigenvalue weighted by Crippen LogP contribution is 2.23. The van der Waals surface area contributed by atoms with Crippen LogP contribution in [0, 0.1) is 6.92 Å². The largest absolute Gasteiger partial charge is 0.369 e. The van der Waals surface area contributed by atoms with E-state index in [-0.39, 0.29) is 12.5 Å². The number of para-hydroxylation sites is 2. The summed E-state index contributed by atoms with van der Waals surface area (Å²) in [5.74, 6) is -0.336. The summed E-state index contributed by atoms with van der Waals surface area (Å²) in [6.07, 6.45) is 1.12. The molecule has 2 aromatic rings. The fraction of sp³-hybridized carbons (Fsp3) is 0.409. The Labute approximate surface area is 179 Å². The van der Waals surface area contributed by atoms with E-state index in [2.05, 4.69) is 28.2 Å². The number of nitrogens with zero attached hydrogens (tertiary/aromatic N) is 3. The maximum atomic E-state index is 12.7. The van der Waals surface area contributed by atoms with E-state index >= 15 is 0 Å². The van der Waals surface area contributed by atoms with E-state index in [0.717, 1.165) is 53.6 Å². The first-order valence-corrected chi connectivity index (χ1v) is 11.9. The van der Waals surface area contributed by atoms with E-state index in [1.165, 1.54) is 0 Å². The van der Waals surface area contributed by atoms with Gasteiger partial charge in [0.1, 0.15) is 6.54 Å². The topological polar surface area (TPSA) is 73.0 Å². The number of sulfonamides is 1. The predicted molar refractivity (Wildman–Crippen MR) is 121 cm³/mol. The van der Waals surface area contributed by atoms with Crippen LogP contribution in [0.15, 0.2) is 48.5 Å². The number of hydrogen-bond donors (Lipinski definition) is 1. The summed E-state index contributed by atoms with van der Waals surface area (Å²) in [5.41, 5.74) is 3.46. The zero-order valence-corrected chi connectivity index (χ0v) is 18.7. The molecule has 0 aromatic heterocycles. The second-order valence-electron chi connectivity index (χ2n) is 7.75. The average molecular weight is 431 g/mol. The van der Waals surface area contributed by atoms with Gasteiger partial charge < -0.3 is 15.1 Å². The van der Waals surface area contributed by atoms with Gasteiger partial charge in [-0.2, -0.15) is 0 Å². The normalized spacial score (nSPS) is 15.1. The van der Waals surface area contributed by atoms with Crippen molar-refractivity contribution in [2.45, 2.75) is 13.5 Å². The smallest absolute Gasteiger partial charge is 0.241 e. The Bertz CT molecular complexity index is 985. The monoisotopic (exact) mass is 430 g/mol. The standard InChI is InChI=1S/C22H30N4O3S/c1-18-8-4-6-10-20(18)26(30(3,28)29)17-22(27)23-16-19-9-5-7-11-21(19)25-14-12-24(2)13-15-25/h4-11H,12-17H2,1-3H3,(H,23,27). The number of rotatable bonds is 7. The van der Waals surface area contributed by atoms with Crippen LogP contribution in [0.25, 0.3) is 0 Å². The third-order valence-corrected chi connectivity index (χ3v) is 6.51. The third-order valence-electron chi connectivity index (χ3n) is 5.38. The minimum atomic E-state index is -3.59. The molecule has 1 aliphatic heterocycles. The van der Waals surface area contributed by atoms with Crippen molar-refractivity contribution in [2.24, 2.45) is 0 Å². The van der Waals surface area contributed by atoms with Crippen molar-refractivity contribution in [3.63, 3.8) is 0 Å². The number of benzene rings is 2. The first-order chi connectivity index (χ1) is 14.3. The van der Waals surface area contributed by atoms with Gasteiger partial charge in [0.2, 0.25) is 15.9 Å². The minimum absolute atomic E-state index is 0.250. The van der Waals surface area contributed by atoms with Crippen LogP contribution in [-0.4, -0.2) is 65.3 Å². The number of anilines is 2. The lowest BCUT2D eigenvalue weighted by Crippen LogP contribution is -2.45. The lowest BCUT2D eigenvalue weighted by atomic mass is 10.1. The Kier molecular flexibility index (Phi) is 6.99. The molecule has 162 valence electrons. The van der Waals surface area contributed by atoms with Crippen molar-refractivity contribution < 1.29 is 13.2 Å². The molecule has 1 heterocycles. The van der Waals surface area contributed by atoms with Crippen molar-refractivity contribution in [1.29, 1.82) is 0 Å². The molecule has 0 spiro atoms. The predicted octanol–water partition coefficient (Wildman–Crippen LogP) is 1.83. The van der Waals surface area contributed by atoms with Gasteiger partial charge in [0.15, 0.2) is 0 Å². The van der Waals surface area contributed by atoms with E-state index in [1.54, 1.807) is 12.1 Å². The van der Waals surface area contributed by atoms with Gasteiger partial charge in [-0.05, 0) is 37.2 Å². The van der Waals surface area contributed by atoms with E-state index in [9.17, 15) is 13.2 Å². The molecule has 1 aliphatic rings. The van der Waals surface area contributed by atoms with E-state index in [0.29, 0.717) is 12.2 Å². The molecule has 0 aliphatic carbocycles.